The smallest absolute Gasteiger partial charge is 0.247 e. The van der Waals surface area contributed by atoms with Crippen molar-refractivity contribution in [3.05, 3.63) is 114 Å². The Morgan fingerprint density at radius 2 is 1.57 bits per heavy atom. The SMILES string of the molecule is O=C(CSc1ccccc1)N(CC(=O)N1c2ccccc2-n2cccc2C1c1ccc(F)cc1)C1CC1. The number of fused-ring (bicyclic) bond motifs is 3. The number of halogens is 1. The summed E-state index contributed by atoms with van der Waals surface area (Å²) in [6, 6.07) is 27.5. The van der Waals surface area contributed by atoms with Crippen LogP contribution in [-0.2, 0) is 9.59 Å². The van der Waals surface area contributed by atoms with Crippen LogP contribution in [0.2, 0.25) is 0 Å². The van der Waals surface area contributed by atoms with Crippen LogP contribution in [-0.4, -0.2) is 39.6 Å². The minimum atomic E-state index is -0.437. The van der Waals surface area contributed by atoms with Gasteiger partial charge in [-0.1, -0.05) is 42.5 Å². The number of hydrogen-bond acceptors (Lipinski definition) is 3. The van der Waals surface area contributed by atoms with Crippen LogP contribution in [0.5, 0.6) is 0 Å². The van der Waals surface area contributed by atoms with E-state index >= 15 is 0 Å². The monoisotopic (exact) mass is 511 g/mol. The van der Waals surface area contributed by atoms with E-state index in [0.717, 1.165) is 40.4 Å². The molecule has 1 fully saturated rings. The summed E-state index contributed by atoms with van der Waals surface area (Å²) >= 11 is 1.49. The van der Waals surface area contributed by atoms with E-state index < -0.39 is 6.04 Å². The standard InChI is InChI=1S/C30H26FN3O2S/c31-22-14-12-21(13-15-22)30-27-11-6-18-32(27)25-9-4-5-10-26(25)34(30)28(35)19-33(23-16-17-23)29(36)20-37-24-7-2-1-3-8-24/h1-15,18,23,30H,16-17,19-20H2. The third-order valence-corrected chi connectivity index (χ3v) is 7.89. The average molecular weight is 512 g/mol. The predicted octanol–water partition coefficient (Wildman–Crippen LogP) is 5.84. The Bertz CT molecular complexity index is 1430. The fourth-order valence-corrected chi connectivity index (χ4v) is 5.80. The molecule has 0 bridgehead atoms. The topological polar surface area (TPSA) is 45.6 Å². The van der Waals surface area contributed by atoms with Crippen LogP contribution in [0.15, 0.2) is 102 Å². The maximum atomic E-state index is 14.1. The van der Waals surface area contributed by atoms with Crippen molar-refractivity contribution >= 4 is 29.3 Å². The molecule has 0 radical (unpaired) electrons. The van der Waals surface area contributed by atoms with Crippen molar-refractivity contribution in [1.29, 1.82) is 0 Å². The Balaban J connectivity index is 1.32. The van der Waals surface area contributed by atoms with Crippen molar-refractivity contribution in [2.24, 2.45) is 0 Å². The summed E-state index contributed by atoms with van der Waals surface area (Å²) in [4.78, 5) is 32.0. The highest BCUT2D eigenvalue weighted by molar-refractivity contribution is 8.00. The van der Waals surface area contributed by atoms with Crippen LogP contribution in [0.3, 0.4) is 0 Å². The van der Waals surface area contributed by atoms with Gasteiger partial charge in [-0.25, -0.2) is 4.39 Å². The van der Waals surface area contributed by atoms with Gasteiger partial charge >= 0.3 is 0 Å². The molecule has 2 heterocycles. The summed E-state index contributed by atoms with van der Waals surface area (Å²) in [6.45, 7) is 0.00554. The third kappa shape index (κ3) is 4.67. The zero-order chi connectivity index (χ0) is 25.4. The molecule has 1 aromatic heterocycles. The molecule has 2 amide bonds. The number of carbonyl (C=O) groups excluding carboxylic acids is 2. The molecule has 1 aliphatic heterocycles. The van der Waals surface area contributed by atoms with Gasteiger partial charge in [0.05, 0.1) is 22.8 Å². The van der Waals surface area contributed by atoms with Crippen LogP contribution < -0.4 is 4.90 Å². The number of hydrogen-bond donors (Lipinski definition) is 0. The molecule has 1 saturated carbocycles. The summed E-state index contributed by atoms with van der Waals surface area (Å²) < 4.78 is 15.9. The molecule has 37 heavy (non-hydrogen) atoms. The molecule has 0 N–H and O–H groups in total. The molecular weight excluding hydrogens is 485 g/mol. The van der Waals surface area contributed by atoms with E-state index in [9.17, 15) is 14.0 Å². The Morgan fingerprint density at radius 3 is 2.30 bits per heavy atom. The number of thioether (sulfide) groups is 1. The van der Waals surface area contributed by atoms with Crippen molar-refractivity contribution in [2.45, 2.75) is 29.8 Å². The largest absolute Gasteiger partial charge is 0.330 e. The second kappa shape index (κ2) is 9.90. The first-order valence-corrected chi connectivity index (χ1v) is 13.4. The van der Waals surface area contributed by atoms with Gasteiger partial charge in [-0.3, -0.25) is 14.5 Å². The van der Waals surface area contributed by atoms with Gasteiger partial charge in [0.15, 0.2) is 0 Å². The van der Waals surface area contributed by atoms with Crippen molar-refractivity contribution in [2.75, 3.05) is 17.2 Å². The molecule has 4 aromatic rings. The Morgan fingerprint density at radius 1 is 0.865 bits per heavy atom. The van der Waals surface area contributed by atoms with Crippen LogP contribution in [0.1, 0.15) is 30.1 Å². The summed E-state index contributed by atoms with van der Waals surface area (Å²) in [6.07, 6.45) is 3.80. The average Bonchev–Trinajstić information content (AvgIpc) is 3.65. The molecule has 1 unspecified atom stereocenters. The first-order chi connectivity index (χ1) is 18.1. The molecule has 0 saturated heterocycles. The second-order valence-corrected chi connectivity index (χ2v) is 10.4. The number of para-hydroxylation sites is 2. The predicted molar refractivity (Wildman–Crippen MR) is 143 cm³/mol. The molecule has 2 aliphatic rings. The number of anilines is 1. The van der Waals surface area contributed by atoms with Crippen LogP contribution in [0.25, 0.3) is 5.69 Å². The van der Waals surface area contributed by atoms with E-state index in [0.29, 0.717) is 0 Å². The Hall–Kier alpha value is -3.84. The summed E-state index contributed by atoms with van der Waals surface area (Å²) in [7, 11) is 0. The van der Waals surface area contributed by atoms with Crippen LogP contribution in [0, 0.1) is 5.82 Å². The lowest BCUT2D eigenvalue weighted by Gasteiger charge is -2.39. The highest BCUT2D eigenvalue weighted by Crippen LogP contribution is 2.42. The van der Waals surface area contributed by atoms with Gasteiger partial charge in [-0.2, -0.15) is 0 Å². The van der Waals surface area contributed by atoms with Gasteiger partial charge in [-0.15, -0.1) is 11.8 Å². The van der Waals surface area contributed by atoms with Crippen molar-refractivity contribution in [3.8, 4) is 5.69 Å². The third-order valence-electron chi connectivity index (χ3n) is 6.89. The lowest BCUT2D eigenvalue weighted by Crippen LogP contribution is -2.47. The van der Waals surface area contributed by atoms with Gasteiger partial charge in [0.1, 0.15) is 18.4 Å². The molecule has 6 rings (SSSR count). The van der Waals surface area contributed by atoms with E-state index in [-0.39, 0.29) is 36.0 Å². The first kappa shape index (κ1) is 23.6. The van der Waals surface area contributed by atoms with Gasteiger partial charge in [-0.05, 0) is 66.9 Å². The minimum Gasteiger partial charge on any atom is -0.330 e. The number of rotatable bonds is 7. The van der Waals surface area contributed by atoms with Gasteiger partial charge in [0.25, 0.3) is 0 Å². The molecule has 1 aliphatic carbocycles. The highest BCUT2D eigenvalue weighted by atomic mass is 32.2. The second-order valence-electron chi connectivity index (χ2n) is 9.36. The fourth-order valence-electron chi connectivity index (χ4n) is 5.00. The van der Waals surface area contributed by atoms with Gasteiger partial charge in [0, 0.05) is 17.1 Å². The summed E-state index contributed by atoms with van der Waals surface area (Å²) in [5.41, 5.74) is 3.40. The molecule has 7 heteroatoms. The summed E-state index contributed by atoms with van der Waals surface area (Å²) in [5, 5.41) is 0. The van der Waals surface area contributed by atoms with E-state index in [4.69, 9.17) is 0 Å². The van der Waals surface area contributed by atoms with E-state index in [1.807, 2.05) is 72.9 Å². The lowest BCUT2D eigenvalue weighted by molar-refractivity contribution is -0.133. The van der Waals surface area contributed by atoms with Crippen molar-refractivity contribution in [3.63, 3.8) is 0 Å². The molecule has 5 nitrogen and oxygen atoms in total. The molecule has 3 aromatic carbocycles. The number of carbonyl (C=O) groups is 2. The van der Waals surface area contributed by atoms with Crippen molar-refractivity contribution < 1.29 is 14.0 Å². The number of amides is 2. The van der Waals surface area contributed by atoms with Gasteiger partial charge in [0.2, 0.25) is 11.8 Å². The van der Waals surface area contributed by atoms with Crippen LogP contribution >= 0.6 is 11.8 Å². The molecule has 0 spiro atoms. The zero-order valence-electron chi connectivity index (χ0n) is 20.2. The fraction of sp³-hybridized carbons (Fsp3) is 0.200. The molecule has 186 valence electrons. The number of aromatic nitrogens is 1. The molecular formula is C30H26FN3O2S. The maximum absolute atomic E-state index is 14.1. The Labute approximate surface area is 219 Å². The maximum Gasteiger partial charge on any atom is 0.247 e. The summed E-state index contributed by atoms with van der Waals surface area (Å²) in [5.74, 6) is -0.222. The van der Waals surface area contributed by atoms with E-state index in [1.165, 1.54) is 23.9 Å². The number of nitrogens with zero attached hydrogens (tertiary/aromatic N) is 3. The first-order valence-electron chi connectivity index (χ1n) is 12.4. The number of benzene rings is 3. The van der Waals surface area contributed by atoms with E-state index in [2.05, 4.69) is 4.57 Å². The minimum absolute atomic E-state index is 0.00554. The van der Waals surface area contributed by atoms with Crippen LogP contribution in [0.4, 0.5) is 10.1 Å². The highest BCUT2D eigenvalue weighted by Gasteiger charge is 2.39. The Kier molecular flexibility index (Phi) is 6.30. The van der Waals surface area contributed by atoms with Crippen molar-refractivity contribution in [1.82, 2.24) is 9.47 Å². The zero-order valence-corrected chi connectivity index (χ0v) is 21.0. The molecule has 1 atom stereocenters. The van der Waals surface area contributed by atoms with E-state index in [1.54, 1.807) is 21.9 Å². The quantitative estimate of drug-likeness (QED) is 0.293. The van der Waals surface area contributed by atoms with Gasteiger partial charge < -0.3 is 9.47 Å². The lowest BCUT2D eigenvalue weighted by atomic mass is 9.97. The normalized spacial score (nSPS) is 16.1.